The molecule has 0 aromatic heterocycles. The zero-order chi connectivity index (χ0) is 37.0. The van der Waals surface area contributed by atoms with Crippen molar-refractivity contribution in [3.63, 3.8) is 0 Å². The van der Waals surface area contributed by atoms with Gasteiger partial charge in [0, 0.05) is 0 Å². The molecular weight excluding hydrogens is 747 g/mol. The monoisotopic (exact) mass is 748 g/mol. The van der Waals surface area contributed by atoms with Crippen LogP contribution in [-0.4, -0.2) is 66.5 Å². The van der Waals surface area contributed by atoms with Crippen molar-refractivity contribution in [3.8, 4) is 0 Å². The van der Waals surface area contributed by atoms with Crippen molar-refractivity contribution in [1.82, 2.24) is 0 Å². The minimum atomic E-state index is -9.64. The van der Waals surface area contributed by atoms with Gasteiger partial charge in [0.25, 0.3) is 10.1 Å². The van der Waals surface area contributed by atoms with Gasteiger partial charge in [0.15, 0.2) is 23.3 Å². The Labute approximate surface area is 227 Å². The maximum atomic E-state index is 14.3. The SMILES string of the molecule is O=S(=O)(O)c1c(F)c(F)c(F)c(F)c1C(F)(F)C(F)(F)C(F)(F)C(F)(F)C(F)(F)C(F)(F)C(F)(F)C(F)(F)C(F)(F)C(F)(F)F. The third-order valence-electron chi connectivity index (χ3n) is 5.31. The summed E-state index contributed by atoms with van der Waals surface area (Å²) in [5.41, 5.74) is -4.74. The molecule has 0 aliphatic rings. The summed E-state index contributed by atoms with van der Waals surface area (Å²) in [5, 5.41) is 0. The number of hydrogen-bond donors (Lipinski definition) is 1. The summed E-state index contributed by atoms with van der Waals surface area (Å²) in [5.74, 6) is -99.1. The highest BCUT2D eigenvalue weighted by Gasteiger charge is 2.98. The van der Waals surface area contributed by atoms with E-state index < -0.39 is 103 Å². The molecule has 1 N–H and O–H groups in total. The summed E-state index contributed by atoms with van der Waals surface area (Å²) in [6.45, 7) is 0. The Hall–Kier alpha value is -2.62. The number of halogens is 25. The van der Waals surface area contributed by atoms with E-state index in [-0.39, 0.29) is 0 Å². The maximum Gasteiger partial charge on any atom is 0.460 e. The molecule has 1 aromatic rings. The van der Waals surface area contributed by atoms with Crippen LogP contribution in [0.15, 0.2) is 4.90 Å². The van der Waals surface area contributed by atoms with Gasteiger partial charge in [-0.15, -0.1) is 0 Å². The molecule has 0 saturated carbocycles. The van der Waals surface area contributed by atoms with Gasteiger partial charge in [-0.3, -0.25) is 4.55 Å². The molecule has 0 heterocycles. The van der Waals surface area contributed by atoms with Crippen molar-refractivity contribution in [3.05, 3.63) is 28.8 Å². The van der Waals surface area contributed by atoms with E-state index in [9.17, 15) is 118 Å². The van der Waals surface area contributed by atoms with Crippen LogP contribution in [0.3, 0.4) is 0 Å². The molecular formula is C16HF25O3S. The Balaban J connectivity index is 4.17. The lowest BCUT2D eigenvalue weighted by atomic mass is 9.85. The van der Waals surface area contributed by atoms with E-state index >= 15 is 0 Å². The molecule has 0 aliphatic heterocycles. The largest absolute Gasteiger partial charge is 0.460 e. The van der Waals surface area contributed by atoms with Gasteiger partial charge in [-0.25, -0.2) is 17.6 Å². The van der Waals surface area contributed by atoms with Crippen molar-refractivity contribution >= 4 is 10.1 Å². The van der Waals surface area contributed by atoms with Crippen LogP contribution >= 0.6 is 0 Å². The van der Waals surface area contributed by atoms with Crippen LogP contribution in [0.25, 0.3) is 0 Å². The summed E-state index contributed by atoms with van der Waals surface area (Å²) in [7, 11) is -7.34. The molecule has 0 saturated heterocycles. The standard InChI is InChI=1S/C16HF25O3S/c17-2-1(6(45(42,43)44)5(20)4(19)3(2)18)7(21,22)8(23,24)9(25,26)10(27,28)11(29,30)12(31,32)13(33,34)14(35,36)15(37,38)16(39,40)41/h(H,42,43,44). The molecule has 0 unspecified atom stereocenters. The van der Waals surface area contributed by atoms with Gasteiger partial charge in [-0.2, -0.15) is 101 Å². The third kappa shape index (κ3) is 4.91. The quantitative estimate of drug-likeness (QED) is 0.114. The Bertz CT molecular complexity index is 1440. The zero-order valence-electron chi connectivity index (χ0n) is 19.1. The Morgan fingerprint density at radius 1 is 0.378 bits per heavy atom. The summed E-state index contributed by atoms with van der Waals surface area (Å²) in [6.07, 6.45) is -8.21. The van der Waals surface area contributed by atoms with Crippen LogP contribution in [0.4, 0.5) is 110 Å². The van der Waals surface area contributed by atoms with Gasteiger partial charge >= 0.3 is 59.5 Å². The van der Waals surface area contributed by atoms with Crippen LogP contribution in [0.5, 0.6) is 0 Å². The van der Waals surface area contributed by atoms with Crippen LogP contribution in [0.1, 0.15) is 5.56 Å². The zero-order valence-corrected chi connectivity index (χ0v) is 19.9. The molecule has 264 valence electrons. The third-order valence-corrected chi connectivity index (χ3v) is 6.21. The van der Waals surface area contributed by atoms with E-state index in [1.165, 1.54) is 0 Å². The highest BCUT2D eigenvalue weighted by Crippen LogP contribution is 2.67. The molecule has 45 heavy (non-hydrogen) atoms. The summed E-state index contributed by atoms with van der Waals surface area (Å²) in [4.78, 5) is -4.12. The predicted octanol–water partition coefficient (Wildman–Crippen LogP) is 8.23. The van der Waals surface area contributed by atoms with Crippen molar-refractivity contribution in [2.45, 2.75) is 64.4 Å². The van der Waals surface area contributed by atoms with Gasteiger partial charge in [0.2, 0.25) is 0 Å². The highest BCUT2D eigenvalue weighted by atomic mass is 32.2. The van der Waals surface area contributed by atoms with E-state index in [4.69, 9.17) is 4.55 Å². The van der Waals surface area contributed by atoms with E-state index in [1.807, 2.05) is 0 Å². The predicted molar refractivity (Wildman–Crippen MR) is 85.6 cm³/mol. The molecule has 0 amide bonds. The van der Waals surface area contributed by atoms with E-state index in [0.29, 0.717) is 0 Å². The second-order valence-corrected chi connectivity index (χ2v) is 9.46. The van der Waals surface area contributed by atoms with E-state index in [2.05, 4.69) is 0 Å². The van der Waals surface area contributed by atoms with Crippen molar-refractivity contribution in [2.75, 3.05) is 0 Å². The Kier molecular flexibility index (Phi) is 9.15. The van der Waals surface area contributed by atoms with Crippen LogP contribution in [0.2, 0.25) is 0 Å². The fraction of sp³-hybridized carbons (Fsp3) is 0.625. The first-order valence-corrected chi connectivity index (χ1v) is 10.9. The molecule has 0 aliphatic carbocycles. The topological polar surface area (TPSA) is 54.4 Å². The Morgan fingerprint density at radius 3 is 0.889 bits per heavy atom. The normalized spacial score (nSPS) is 16.0. The van der Waals surface area contributed by atoms with Gasteiger partial charge in [-0.05, 0) is 0 Å². The second-order valence-electron chi connectivity index (χ2n) is 8.10. The molecule has 0 atom stereocenters. The molecule has 0 radical (unpaired) electrons. The smallest absolute Gasteiger partial charge is 0.282 e. The van der Waals surface area contributed by atoms with Gasteiger partial charge in [0.05, 0.1) is 5.56 Å². The van der Waals surface area contributed by atoms with Gasteiger partial charge in [-0.1, -0.05) is 0 Å². The van der Waals surface area contributed by atoms with Crippen LogP contribution in [-0.2, 0) is 16.0 Å². The number of alkyl halides is 21. The lowest BCUT2D eigenvalue weighted by Crippen LogP contribution is -2.76. The number of benzene rings is 1. The molecule has 3 nitrogen and oxygen atoms in total. The highest BCUT2D eigenvalue weighted by molar-refractivity contribution is 7.85. The fourth-order valence-corrected chi connectivity index (χ4v) is 3.64. The van der Waals surface area contributed by atoms with Crippen LogP contribution in [0, 0.1) is 23.3 Å². The van der Waals surface area contributed by atoms with Gasteiger partial charge in [0.1, 0.15) is 4.90 Å². The first-order chi connectivity index (χ1) is 19.1. The minimum Gasteiger partial charge on any atom is -0.282 e. The van der Waals surface area contributed by atoms with Crippen LogP contribution < -0.4 is 0 Å². The first kappa shape index (κ1) is 40.4. The van der Waals surface area contributed by atoms with Crippen molar-refractivity contribution in [1.29, 1.82) is 0 Å². The molecule has 29 heteroatoms. The number of hydrogen-bond acceptors (Lipinski definition) is 2. The van der Waals surface area contributed by atoms with E-state index in [0.717, 1.165) is 0 Å². The molecule has 0 fully saturated rings. The summed E-state index contributed by atoms with van der Waals surface area (Å²) >= 11 is 0. The summed E-state index contributed by atoms with van der Waals surface area (Å²) in [6, 6.07) is 0. The molecule has 1 rings (SSSR count). The molecule has 0 spiro atoms. The number of rotatable bonds is 10. The maximum absolute atomic E-state index is 14.3. The van der Waals surface area contributed by atoms with E-state index in [1.54, 1.807) is 0 Å². The lowest BCUT2D eigenvalue weighted by Gasteiger charge is -2.44. The summed E-state index contributed by atoms with van der Waals surface area (Å²) < 4.78 is 367. The average molecular weight is 748 g/mol. The lowest BCUT2D eigenvalue weighted by molar-refractivity contribution is -0.475. The Morgan fingerprint density at radius 2 is 0.622 bits per heavy atom. The van der Waals surface area contributed by atoms with Gasteiger partial charge < -0.3 is 0 Å². The molecule has 0 bridgehead atoms. The van der Waals surface area contributed by atoms with Crippen molar-refractivity contribution in [2.24, 2.45) is 0 Å². The molecule has 1 aromatic carbocycles. The first-order valence-electron chi connectivity index (χ1n) is 9.44. The average Bonchev–Trinajstić information content (AvgIpc) is 2.81. The minimum absolute atomic E-state index is 3.72. The van der Waals surface area contributed by atoms with Crippen molar-refractivity contribution < 1.29 is 123 Å². The second kappa shape index (κ2) is 10.2. The fourth-order valence-electron chi connectivity index (χ4n) is 2.85.